The molecule has 5 nitrogen and oxygen atoms in total. The van der Waals surface area contributed by atoms with Crippen molar-refractivity contribution >= 4 is 16.9 Å². The van der Waals surface area contributed by atoms with Gasteiger partial charge in [-0.15, -0.1) is 0 Å². The first-order valence-electron chi connectivity index (χ1n) is 13.9. The molecule has 1 saturated heterocycles. The van der Waals surface area contributed by atoms with Gasteiger partial charge in [0.05, 0.1) is 23.6 Å². The van der Waals surface area contributed by atoms with Crippen molar-refractivity contribution in [3.63, 3.8) is 0 Å². The van der Waals surface area contributed by atoms with Crippen LogP contribution in [0.25, 0.3) is 27.7 Å². The van der Waals surface area contributed by atoms with Crippen LogP contribution in [0.4, 0.5) is 4.39 Å². The van der Waals surface area contributed by atoms with Crippen LogP contribution in [-0.4, -0.2) is 30.9 Å². The quantitative estimate of drug-likeness (QED) is 0.194. The Morgan fingerprint density at radius 2 is 1.61 bits per heavy atom. The molecule has 0 bridgehead atoms. The lowest BCUT2D eigenvalue weighted by Gasteiger charge is -2.36. The van der Waals surface area contributed by atoms with Gasteiger partial charge in [-0.3, -0.25) is 0 Å². The van der Waals surface area contributed by atoms with Gasteiger partial charge in [0.1, 0.15) is 18.2 Å². The van der Waals surface area contributed by atoms with Gasteiger partial charge in [0.25, 0.3) is 0 Å². The summed E-state index contributed by atoms with van der Waals surface area (Å²) in [6.45, 7) is 4.00. The third-order valence-electron chi connectivity index (χ3n) is 8.04. The normalized spacial score (nSPS) is 14.6. The number of fused-ring (bicyclic) bond motifs is 1. The number of hydrogen-bond donors (Lipinski definition) is 0. The standard InChI is InChI=1S/C35H32FNO4/c1-35(19-21-40-22-20-35)33-31(25-11-13-26(14-12-25)34(38)39-2)32-29(37(33)28-17-15-27(36)16-18-28)9-6-10-30(32)41-23-24-7-4-3-5-8-24/h3-18H,19-23H2,1-2H3. The average Bonchev–Trinajstić information content (AvgIpc) is 3.38. The van der Waals surface area contributed by atoms with E-state index in [4.69, 9.17) is 14.2 Å². The van der Waals surface area contributed by atoms with E-state index in [9.17, 15) is 9.18 Å². The van der Waals surface area contributed by atoms with Crippen LogP contribution in [0.3, 0.4) is 0 Å². The Labute approximate surface area is 239 Å². The first-order chi connectivity index (χ1) is 20.0. The predicted octanol–water partition coefficient (Wildman–Crippen LogP) is 7.87. The zero-order chi connectivity index (χ0) is 28.4. The molecule has 0 atom stereocenters. The molecule has 1 aliphatic heterocycles. The number of ether oxygens (including phenoxy) is 3. The molecule has 1 aliphatic rings. The molecule has 0 radical (unpaired) electrons. The average molecular weight is 550 g/mol. The van der Waals surface area contributed by atoms with Crippen molar-refractivity contribution in [2.45, 2.75) is 31.8 Å². The monoisotopic (exact) mass is 549 g/mol. The summed E-state index contributed by atoms with van der Waals surface area (Å²) in [6.07, 6.45) is 1.66. The maximum Gasteiger partial charge on any atom is 0.337 e. The number of carbonyl (C=O) groups excluding carboxylic acids is 1. The van der Waals surface area contributed by atoms with Gasteiger partial charge in [0.15, 0.2) is 0 Å². The zero-order valence-corrected chi connectivity index (χ0v) is 23.2. The van der Waals surface area contributed by atoms with Gasteiger partial charge in [0, 0.05) is 35.6 Å². The Morgan fingerprint density at radius 3 is 2.29 bits per heavy atom. The Morgan fingerprint density at radius 1 is 0.902 bits per heavy atom. The van der Waals surface area contributed by atoms with Crippen molar-refractivity contribution in [2.24, 2.45) is 0 Å². The highest BCUT2D eigenvalue weighted by atomic mass is 19.1. The van der Waals surface area contributed by atoms with Crippen molar-refractivity contribution in [1.82, 2.24) is 4.57 Å². The second-order valence-electron chi connectivity index (χ2n) is 10.7. The number of benzene rings is 4. The van der Waals surface area contributed by atoms with Gasteiger partial charge >= 0.3 is 5.97 Å². The number of halogens is 1. The van der Waals surface area contributed by atoms with Gasteiger partial charge in [-0.1, -0.05) is 55.5 Å². The van der Waals surface area contributed by atoms with E-state index in [1.165, 1.54) is 19.2 Å². The lowest BCUT2D eigenvalue weighted by molar-refractivity contribution is 0.0548. The fourth-order valence-corrected chi connectivity index (χ4v) is 5.82. The van der Waals surface area contributed by atoms with Gasteiger partial charge < -0.3 is 18.8 Å². The van der Waals surface area contributed by atoms with Crippen LogP contribution in [0, 0.1) is 5.82 Å². The molecule has 4 aromatic carbocycles. The molecule has 6 heteroatoms. The summed E-state index contributed by atoms with van der Waals surface area (Å²) >= 11 is 0. The molecule has 6 rings (SSSR count). The Kier molecular flexibility index (Phi) is 7.33. The topological polar surface area (TPSA) is 49.7 Å². The molecule has 0 aliphatic carbocycles. The first-order valence-corrected chi connectivity index (χ1v) is 13.9. The van der Waals surface area contributed by atoms with Crippen molar-refractivity contribution < 1.29 is 23.4 Å². The second kappa shape index (κ2) is 11.2. The molecule has 41 heavy (non-hydrogen) atoms. The minimum absolute atomic E-state index is 0.237. The fourth-order valence-electron chi connectivity index (χ4n) is 5.82. The molecule has 0 N–H and O–H groups in total. The summed E-state index contributed by atoms with van der Waals surface area (Å²) in [5, 5.41) is 0.973. The molecular weight excluding hydrogens is 517 g/mol. The minimum Gasteiger partial charge on any atom is -0.488 e. The smallest absolute Gasteiger partial charge is 0.337 e. The number of rotatable bonds is 7. The van der Waals surface area contributed by atoms with Crippen LogP contribution >= 0.6 is 0 Å². The Balaban J connectivity index is 1.64. The zero-order valence-electron chi connectivity index (χ0n) is 23.2. The maximum atomic E-state index is 14.1. The van der Waals surface area contributed by atoms with Crippen LogP contribution in [0.2, 0.25) is 0 Å². The van der Waals surface area contributed by atoms with Gasteiger partial charge in [0.2, 0.25) is 0 Å². The minimum atomic E-state index is -0.381. The van der Waals surface area contributed by atoms with E-state index < -0.39 is 0 Å². The Bertz CT molecular complexity index is 1670. The van der Waals surface area contributed by atoms with E-state index in [0.717, 1.165) is 57.6 Å². The number of carbonyl (C=O) groups is 1. The van der Waals surface area contributed by atoms with Crippen LogP contribution in [-0.2, 0) is 21.5 Å². The van der Waals surface area contributed by atoms with E-state index in [0.29, 0.717) is 25.4 Å². The van der Waals surface area contributed by atoms with E-state index in [-0.39, 0.29) is 17.2 Å². The highest BCUT2D eigenvalue weighted by Gasteiger charge is 2.37. The van der Waals surface area contributed by atoms with Gasteiger partial charge in [-0.25, -0.2) is 9.18 Å². The third kappa shape index (κ3) is 5.11. The first kappa shape index (κ1) is 26.8. The molecule has 0 amide bonds. The molecule has 208 valence electrons. The van der Waals surface area contributed by atoms with E-state index in [1.54, 1.807) is 12.1 Å². The molecule has 0 unspecified atom stereocenters. The van der Waals surface area contributed by atoms with E-state index >= 15 is 0 Å². The summed E-state index contributed by atoms with van der Waals surface area (Å²) in [4.78, 5) is 12.2. The Hall–Kier alpha value is -4.42. The number of esters is 1. The third-order valence-corrected chi connectivity index (χ3v) is 8.04. The molecular formula is C35H32FNO4. The van der Waals surface area contributed by atoms with Crippen molar-refractivity contribution in [3.8, 4) is 22.6 Å². The molecule has 1 fully saturated rings. The lowest BCUT2D eigenvalue weighted by atomic mass is 9.76. The van der Waals surface area contributed by atoms with Crippen molar-refractivity contribution in [1.29, 1.82) is 0 Å². The maximum absolute atomic E-state index is 14.1. The molecule has 2 heterocycles. The van der Waals surface area contributed by atoms with Crippen molar-refractivity contribution in [3.05, 3.63) is 120 Å². The second-order valence-corrected chi connectivity index (χ2v) is 10.7. The molecule has 0 saturated carbocycles. The van der Waals surface area contributed by atoms with E-state index in [2.05, 4.69) is 17.6 Å². The van der Waals surface area contributed by atoms with Crippen molar-refractivity contribution in [2.75, 3.05) is 20.3 Å². The predicted molar refractivity (Wildman–Crippen MR) is 158 cm³/mol. The summed E-state index contributed by atoms with van der Waals surface area (Å²) in [6, 6.07) is 30.4. The molecule has 1 aromatic heterocycles. The summed E-state index contributed by atoms with van der Waals surface area (Å²) in [5.74, 6) is 0.0968. The lowest BCUT2D eigenvalue weighted by Crippen LogP contribution is -2.33. The summed E-state index contributed by atoms with van der Waals surface area (Å²) in [5.41, 5.74) is 6.27. The summed E-state index contributed by atoms with van der Waals surface area (Å²) in [7, 11) is 1.38. The van der Waals surface area contributed by atoms with Crippen LogP contribution in [0.15, 0.2) is 97.1 Å². The highest BCUT2D eigenvalue weighted by Crippen LogP contribution is 2.49. The largest absolute Gasteiger partial charge is 0.488 e. The summed E-state index contributed by atoms with van der Waals surface area (Å²) < 4.78 is 33.6. The van der Waals surface area contributed by atoms with Crippen LogP contribution < -0.4 is 4.74 Å². The van der Waals surface area contributed by atoms with Crippen LogP contribution in [0.1, 0.15) is 41.4 Å². The number of methoxy groups -OCH3 is 1. The molecule has 5 aromatic rings. The SMILES string of the molecule is COC(=O)c1ccc(-c2c(C3(C)CCOCC3)n(-c3ccc(F)cc3)c3cccc(OCc4ccccc4)c23)cc1. The fraction of sp³-hybridized carbons (Fsp3) is 0.229. The number of hydrogen-bond acceptors (Lipinski definition) is 4. The van der Waals surface area contributed by atoms with Gasteiger partial charge in [-0.2, -0.15) is 0 Å². The highest BCUT2D eigenvalue weighted by molar-refractivity contribution is 6.04. The number of aromatic nitrogens is 1. The number of nitrogens with zero attached hydrogens (tertiary/aromatic N) is 1. The van der Waals surface area contributed by atoms with E-state index in [1.807, 2.05) is 66.7 Å². The molecule has 0 spiro atoms. The van der Waals surface area contributed by atoms with Gasteiger partial charge in [-0.05, 0) is 72.5 Å². The van der Waals surface area contributed by atoms with Crippen LogP contribution in [0.5, 0.6) is 5.75 Å².